The molecule has 2 aliphatic heterocycles. The van der Waals surface area contributed by atoms with Crippen LogP contribution in [0.5, 0.6) is 6.01 Å². The molecule has 1 aromatic rings. The molecule has 3 heterocycles. The number of rotatable bonds is 5. The van der Waals surface area contributed by atoms with E-state index in [9.17, 15) is 8.42 Å². The van der Waals surface area contributed by atoms with Gasteiger partial charge in [0.05, 0.1) is 12.4 Å². The number of hydrogen-bond acceptors (Lipinski definition) is 6. The Morgan fingerprint density at radius 1 is 1.33 bits per heavy atom. The predicted molar refractivity (Wildman–Crippen MR) is 90.7 cm³/mol. The molecule has 0 unspecified atom stereocenters. The van der Waals surface area contributed by atoms with Crippen LogP contribution in [0.3, 0.4) is 0 Å². The lowest BCUT2D eigenvalue weighted by Crippen LogP contribution is -2.68. The van der Waals surface area contributed by atoms with Gasteiger partial charge < -0.3 is 4.74 Å². The van der Waals surface area contributed by atoms with E-state index < -0.39 is 14.6 Å². The van der Waals surface area contributed by atoms with Gasteiger partial charge in [-0.2, -0.15) is 0 Å². The number of sulfone groups is 1. The second-order valence-electron chi connectivity index (χ2n) is 7.63. The van der Waals surface area contributed by atoms with E-state index in [-0.39, 0.29) is 11.7 Å². The van der Waals surface area contributed by atoms with Crippen LogP contribution in [0.15, 0.2) is 12.3 Å². The summed E-state index contributed by atoms with van der Waals surface area (Å²) in [5, 5.41) is 0. The minimum atomic E-state index is -3.03. The van der Waals surface area contributed by atoms with E-state index in [4.69, 9.17) is 4.74 Å². The summed E-state index contributed by atoms with van der Waals surface area (Å²) in [6.07, 6.45) is 6.28. The lowest BCUT2D eigenvalue weighted by Gasteiger charge is -2.51. The van der Waals surface area contributed by atoms with Gasteiger partial charge in [-0.05, 0) is 38.2 Å². The minimum Gasteiger partial charge on any atom is -0.463 e. The van der Waals surface area contributed by atoms with Gasteiger partial charge in [-0.3, -0.25) is 4.90 Å². The third-order valence-electron chi connectivity index (χ3n) is 6.01. The topological polar surface area (TPSA) is 72.4 Å². The third kappa shape index (κ3) is 2.71. The van der Waals surface area contributed by atoms with E-state index in [2.05, 4.69) is 14.9 Å². The summed E-state index contributed by atoms with van der Waals surface area (Å²) in [5.41, 5.74) is 0.851. The Hall–Kier alpha value is -1.21. The fourth-order valence-corrected chi connectivity index (χ4v) is 6.71. The highest BCUT2D eigenvalue weighted by atomic mass is 32.2. The van der Waals surface area contributed by atoms with Crippen molar-refractivity contribution in [2.45, 2.75) is 37.4 Å². The van der Waals surface area contributed by atoms with Crippen LogP contribution in [-0.2, 0) is 9.84 Å². The van der Waals surface area contributed by atoms with E-state index in [1.54, 1.807) is 6.20 Å². The molecule has 0 amide bonds. The normalized spacial score (nSPS) is 28.5. The zero-order chi connectivity index (χ0) is 16.8. The van der Waals surface area contributed by atoms with E-state index in [0.717, 1.165) is 18.2 Å². The first-order valence-corrected chi connectivity index (χ1v) is 10.5. The van der Waals surface area contributed by atoms with Gasteiger partial charge in [-0.25, -0.2) is 18.4 Å². The molecule has 132 valence electrons. The van der Waals surface area contributed by atoms with Crippen molar-refractivity contribution in [1.82, 2.24) is 14.9 Å². The first kappa shape index (κ1) is 16.3. The highest BCUT2D eigenvalue weighted by molar-refractivity contribution is 7.93. The number of ether oxygens (including phenoxy) is 1. The Morgan fingerprint density at radius 3 is 2.79 bits per heavy atom. The van der Waals surface area contributed by atoms with Crippen molar-refractivity contribution in [3.8, 4) is 6.01 Å². The van der Waals surface area contributed by atoms with Crippen LogP contribution in [-0.4, -0.2) is 60.0 Å². The molecule has 3 fully saturated rings. The van der Waals surface area contributed by atoms with Gasteiger partial charge in [0.2, 0.25) is 0 Å². The molecule has 1 aromatic heterocycles. The third-order valence-corrected chi connectivity index (χ3v) is 8.61. The second kappa shape index (κ2) is 5.95. The fraction of sp³-hybridized carbons (Fsp3) is 0.765. The molecule has 0 bridgehead atoms. The van der Waals surface area contributed by atoms with Crippen LogP contribution in [0.25, 0.3) is 0 Å². The molecule has 0 aromatic carbocycles. The van der Waals surface area contributed by atoms with Crippen LogP contribution >= 0.6 is 0 Å². The van der Waals surface area contributed by atoms with E-state index >= 15 is 0 Å². The molecule has 2 saturated heterocycles. The molecular formula is C17H25N3O3S. The number of likely N-dealkylation sites (tertiary alicyclic amines) is 1. The maximum absolute atomic E-state index is 12.6. The van der Waals surface area contributed by atoms with Crippen LogP contribution in [0, 0.1) is 18.8 Å². The average Bonchev–Trinajstić information content (AvgIpc) is 2.71. The maximum Gasteiger partial charge on any atom is 0.316 e. The van der Waals surface area contributed by atoms with Crippen LogP contribution in [0.2, 0.25) is 0 Å². The summed E-state index contributed by atoms with van der Waals surface area (Å²) in [4.78, 5) is 10.7. The zero-order valence-corrected chi connectivity index (χ0v) is 15.0. The summed E-state index contributed by atoms with van der Waals surface area (Å²) in [6.45, 7) is 4.69. The smallest absolute Gasteiger partial charge is 0.316 e. The molecule has 1 atom stereocenters. The fourth-order valence-electron chi connectivity index (χ4n) is 4.26. The summed E-state index contributed by atoms with van der Waals surface area (Å²) in [6, 6.07) is 2.17. The standard InChI is InChI=1S/C17H25N3O3S/c1-13-5-7-18-16(19-13)23-10-15-6-8-24(21,22)17(15)11-20(12-17)9-14-3-2-4-14/h5,7,14-15H,2-4,6,8-12H2,1H3/t15-/m1/s1. The summed E-state index contributed by atoms with van der Waals surface area (Å²) in [7, 11) is -3.03. The van der Waals surface area contributed by atoms with Crippen molar-refractivity contribution in [3.63, 3.8) is 0 Å². The van der Waals surface area contributed by atoms with Crippen molar-refractivity contribution < 1.29 is 13.2 Å². The van der Waals surface area contributed by atoms with Crippen LogP contribution < -0.4 is 4.74 Å². The first-order valence-electron chi connectivity index (χ1n) is 8.86. The van der Waals surface area contributed by atoms with Gasteiger partial charge in [0, 0.05) is 37.4 Å². The summed E-state index contributed by atoms with van der Waals surface area (Å²) >= 11 is 0. The summed E-state index contributed by atoms with van der Waals surface area (Å²) in [5.74, 6) is 1.11. The molecule has 1 aliphatic carbocycles. The predicted octanol–water partition coefficient (Wildman–Crippen LogP) is 1.45. The molecule has 24 heavy (non-hydrogen) atoms. The zero-order valence-electron chi connectivity index (χ0n) is 14.1. The van der Waals surface area contributed by atoms with E-state index in [0.29, 0.717) is 32.1 Å². The number of aryl methyl sites for hydroxylation is 1. The lowest BCUT2D eigenvalue weighted by molar-refractivity contribution is 0.0393. The van der Waals surface area contributed by atoms with Gasteiger partial charge >= 0.3 is 6.01 Å². The van der Waals surface area contributed by atoms with Crippen molar-refractivity contribution in [2.24, 2.45) is 11.8 Å². The van der Waals surface area contributed by atoms with Crippen molar-refractivity contribution in [1.29, 1.82) is 0 Å². The highest BCUT2D eigenvalue weighted by Crippen LogP contribution is 2.45. The Bertz CT molecular complexity index is 712. The number of nitrogens with zero attached hydrogens (tertiary/aromatic N) is 3. The van der Waals surface area contributed by atoms with Gasteiger partial charge in [-0.15, -0.1) is 0 Å². The quantitative estimate of drug-likeness (QED) is 0.800. The van der Waals surface area contributed by atoms with Crippen LogP contribution in [0.1, 0.15) is 31.4 Å². The number of hydrogen-bond donors (Lipinski definition) is 0. The largest absolute Gasteiger partial charge is 0.463 e. The SMILES string of the molecule is Cc1ccnc(OC[C@H]2CCS(=O)(=O)C23CN(CC2CCC2)C3)n1. The van der Waals surface area contributed by atoms with Crippen molar-refractivity contribution >= 4 is 9.84 Å². The Kier molecular flexibility index (Phi) is 4.03. The number of aromatic nitrogens is 2. The molecule has 6 nitrogen and oxygen atoms in total. The Morgan fingerprint density at radius 2 is 2.12 bits per heavy atom. The Balaban J connectivity index is 1.41. The van der Waals surface area contributed by atoms with Gasteiger partial charge in [-0.1, -0.05) is 6.42 Å². The van der Waals surface area contributed by atoms with Crippen molar-refractivity contribution in [3.05, 3.63) is 18.0 Å². The van der Waals surface area contributed by atoms with Gasteiger partial charge in [0.25, 0.3) is 0 Å². The Labute approximate surface area is 143 Å². The van der Waals surface area contributed by atoms with Crippen LogP contribution in [0.4, 0.5) is 0 Å². The second-order valence-corrected chi connectivity index (χ2v) is 10.1. The molecule has 1 spiro atoms. The first-order chi connectivity index (χ1) is 11.5. The molecular weight excluding hydrogens is 326 g/mol. The average molecular weight is 351 g/mol. The van der Waals surface area contributed by atoms with Gasteiger partial charge in [0.15, 0.2) is 9.84 Å². The minimum absolute atomic E-state index is 0.0456. The molecule has 4 rings (SSSR count). The maximum atomic E-state index is 12.6. The molecule has 7 heteroatoms. The lowest BCUT2D eigenvalue weighted by atomic mass is 9.80. The molecule has 0 N–H and O–H groups in total. The molecule has 0 radical (unpaired) electrons. The van der Waals surface area contributed by atoms with Gasteiger partial charge in [0.1, 0.15) is 4.75 Å². The highest BCUT2D eigenvalue weighted by Gasteiger charge is 2.61. The van der Waals surface area contributed by atoms with E-state index in [1.165, 1.54) is 19.3 Å². The molecule has 3 aliphatic rings. The summed E-state index contributed by atoms with van der Waals surface area (Å²) < 4.78 is 30.4. The monoisotopic (exact) mass is 351 g/mol. The molecule has 1 saturated carbocycles. The van der Waals surface area contributed by atoms with Crippen molar-refractivity contribution in [2.75, 3.05) is 32.0 Å². The van der Waals surface area contributed by atoms with E-state index in [1.807, 2.05) is 13.0 Å².